The zero-order chi connectivity index (χ0) is 20.3. The van der Waals surface area contributed by atoms with E-state index in [1.165, 1.54) is 27.7 Å². The lowest BCUT2D eigenvalue weighted by Crippen LogP contribution is -2.33. The molecule has 2 aromatic heterocycles. The van der Waals surface area contributed by atoms with Crippen molar-refractivity contribution in [3.8, 4) is 11.1 Å². The quantitative estimate of drug-likeness (QED) is 0.331. The van der Waals surface area contributed by atoms with Gasteiger partial charge in [-0.15, -0.1) is 11.3 Å². The van der Waals surface area contributed by atoms with Crippen LogP contribution in [0.5, 0.6) is 0 Å². The Balaban J connectivity index is 1.88. The van der Waals surface area contributed by atoms with E-state index in [4.69, 9.17) is 0 Å². The number of nitrogens with zero attached hydrogens (tertiary/aromatic N) is 3. The average molecular weight is 414 g/mol. The van der Waals surface area contributed by atoms with Gasteiger partial charge in [0.15, 0.2) is 5.16 Å². The van der Waals surface area contributed by atoms with Crippen molar-refractivity contribution in [1.29, 1.82) is 0 Å². The van der Waals surface area contributed by atoms with Crippen LogP contribution < -0.4 is 5.56 Å². The summed E-state index contributed by atoms with van der Waals surface area (Å²) in [7, 11) is 1.71. The van der Waals surface area contributed by atoms with E-state index in [0.717, 1.165) is 16.7 Å². The van der Waals surface area contributed by atoms with E-state index in [0.29, 0.717) is 28.5 Å². The maximum absolute atomic E-state index is 13.0. The van der Waals surface area contributed by atoms with Crippen molar-refractivity contribution in [2.45, 2.75) is 19.0 Å². The van der Waals surface area contributed by atoms with E-state index < -0.39 is 0 Å². The first-order chi connectivity index (χ1) is 13.4. The van der Waals surface area contributed by atoms with Crippen molar-refractivity contribution >= 4 is 39.2 Å². The third-order valence-corrected chi connectivity index (χ3v) is 6.27. The molecule has 5 nitrogen and oxygen atoms in total. The fraction of sp³-hybridized carbons (Fsp3) is 0.286. The van der Waals surface area contributed by atoms with Crippen LogP contribution in [0.1, 0.15) is 13.8 Å². The number of aromatic nitrogens is 2. The van der Waals surface area contributed by atoms with Gasteiger partial charge >= 0.3 is 0 Å². The topological polar surface area (TPSA) is 55.2 Å². The van der Waals surface area contributed by atoms with Crippen LogP contribution >= 0.6 is 23.1 Å². The Morgan fingerprint density at radius 3 is 2.68 bits per heavy atom. The molecule has 0 aliphatic heterocycles. The molecule has 0 saturated carbocycles. The molecule has 0 atom stereocenters. The lowest BCUT2D eigenvalue weighted by atomic mass is 10.1. The molecular formula is C21H23N3O2S2. The van der Waals surface area contributed by atoms with Gasteiger partial charge in [-0.25, -0.2) is 4.98 Å². The highest BCUT2D eigenvalue weighted by Gasteiger charge is 2.18. The monoisotopic (exact) mass is 413 g/mol. The van der Waals surface area contributed by atoms with Crippen LogP contribution in [0, 0.1) is 0 Å². The number of benzene rings is 1. The second-order valence-electron chi connectivity index (χ2n) is 6.61. The summed E-state index contributed by atoms with van der Waals surface area (Å²) in [6.07, 6.45) is 0. The first-order valence-electron chi connectivity index (χ1n) is 9.01. The van der Waals surface area contributed by atoms with Crippen LogP contribution in [0.15, 0.2) is 57.8 Å². The van der Waals surface area contributed by atoms with E-state index in [2.05, 4.69) is 11.6 Å². The fourth-order valence-corrected chi connectivity index (χ4v) is 4.80. The Labute approximate surface area is 172 Å². The van der Waals surface area contributed by atoms with E-state index in [1.54, 1.807) is 11.9 Å². The largest absolute Gasteiger partial charge is 0.338 e. The summed E-state index contributed by atoms with van der Waals surface area (Å²) in [6, 6.07) is 9.84. The number of thiophene rings is 1. The summed E-state index contributed by atoms with van der Waals surface area (Å²) >= 11 is 2.75. The van der Waals surface area contributed by atoms with Crippen LogP contribution in [0.25, 0.3) is 21.3 Å². The molecule has 0 N–H and O–H groups in total. The van der Waals surface area contributed by atoms with Crippen molar-refractivity contribution in [1.82, 2.24) is 14.5 Å². The third-order valence-electron chi connectivity index (χ3n) is 4.38. The summed E-state index contributed by atoms with van der Waals surface area (Å²) < 4.78 is 1.54. The lowest BCUT2D eigenvalue weighted by Gasteiger charge is -2.20. The van der Waals surface area contributed by atoms with Gasteiger partial charge in [0, 0.05) is 31.1 Å². The Morgan fingerprint density at radius 1 is 1.32 bits per heavy atom. The molecule has 0 unspecified atom stereocenters. The maximum atomic E-state index is 13.0. The van der Waals surface area contributed by atoms with Crippen molar-refractivity contribution in [2.75, 3.05) is 18.8 Å². The molecular weight excluding hydrogens is 390 g/mol. The Kier molecular flexibility index (Phi) is 6.36. The highest BCUT2D eigenvalue weighted by atomic mass is 32.2. The minimum atomic E-state index is -0.0886. The number of likely N-dealkylation sites (N-methyl/N-ethyl adjacent to an activating group) is 1. The molecule has 0 saturated heterocycles. The summed E-state index contributed by atoms with van der Waals surface area (Å²) in [5.41, 5.74) is 2.76. The van der Waals surface area contributed by atoms with Crippen LogP contribution in [0.3, 0.4) is 0 Å². The van der Waals surface area contributed by atoms with Gasteiger partial charge in [-0.3, -0.25) is 14.2 Å². The van der Waals surface area contributed by atoms with Gasteiger partial charge in [0.25, 0.3) is 5.56 Å². The zero-order valence-electron chi connectivity index (χ0n) is 16.3. The van der Waals surface area contributed by atoms with Crippen LogP contribution in [0.2, 0.25) is 0 Å². The zero-order valence-corrected chi connectivity index (χ0v) is 17.9. The van der Waals surface area contributed by atoms with Crippen LogP contribution in [0.4, 0.5) is 0 Å². The molecule has 3 aromatic rings. The molecule has 7 heteroatoms. The van der Waals surface area contributed by atoms with E-state index in [9.17, 15) is 9.59 Å². The number of rotatable bonds is 7. The van der Waals surface area contributed by atoms with Crippen molar-refractivity contribution < 1.29 is 4.79 Å². The van der Waals surface area contributed by atoms with Gasteiger partial charge in [0.05, 0.1) is 11.1 Å². The summed E-state index contributed by atoms with van der Waals surface area (Å²) in [5, 5.41) is 3.16. The minimum absolute atomic E-state index is 0.0148. The molecule has 3 rings (SSSR count). The Hall–Kier alpha value is -2.38. The number of hydrogen-bond acceptors (Lipinski definition) is 5. The molecule has 0 aliphatic carbocycles. The highest BCUT2D eigenvalue weighted by Crippen LogP contribution is 2.31. The molecule has 1 amide bonds. The normalized spacial score (nSPS) is 11.0. The Morgan fingerprint density at radius 2 is 2.04 bits per heavy atom. The molecule has 0 radical (unpaired) electrons. The molecule has 1 aromatic carbocycles. The summed E-state index contributed by atoms with van der Waals surface area (Å²) in [4.78, 5) is 32.6. The first-order valence-corrected chi connectivity index (χ1v) is 10.9. The van der Waals surface area contributed by atoms with E-state index >= 15 is 0 Å². The standard InChI is InChI=1S/C21H23N3O2S2/c1-5-24(11-14(2)3)17(25)13-28-21-22-19-18(20(26)23(21)4)16(12-27-19)15-9-7-6-8-10-15/h6-10,12H,2,5,11,13H2,1,3-4H3. The van der Waals surface area contributed by atoms with E-state index in [1.807, 2.05) is 49.6 Å². The van der Waals surface area contributed by atoms with Gasteiger partial charge in [-0.05, 0) is 19.4 Å². The molecule has 0 aliphatic rings. The molecule has 2 heterocycles. The smallest absolute Gasteiger partial charge is 0.263 e. The van der Waals surface area contributed by atoms with Gasteiger partial charge in [-0.1, -0.05) is 54.2 Å². The van der Waals surface area contributed by atoms with Crippen molar-refractivity contribution in [2.24, 2.45) is 7.05 Å². The summed E-state index contributed by atoms with van der Waals surface area (Å²) in [5.74, 6) is 0.255. The second kappa shape index (κ2) is 8.75. The van der Waals surface area contributed by atoms with Crippen LogP contribution in [-0.4, -0.2) is 39.2 Å². The number of hydrogen-bond donors (Lipinski definition) is 0. The van der Waals surface area contributed by atoms with Gasteiger partial charge in [0.1, 0.15) is 4.83 Å². The SMILES string of the molecule is C=C(C)CN(CC)C(=O)CSc1nc2scc(-c3ccccc3)c2c(=O)n1C. The molecule has 0 bridgehead atoms. The number of carbonyl (C=O) groups is 1. The van der Waals surface area contributed by atoms with Crippen molar-refractivity contribution in [3.63, 3.8) is 0 Å². The number of carbonyl (C=O) groups excluding carboxylic acids is 1. The van der Waals surface area contributed by atoms with Gasteiger partial charge in [0.2, 0.25) is 5.91 Å². The molecule has 146 valence electrons. The average Bonchev–Trinajstić information content (AvgIpc) is 3.12. The van der Waals surface area contributed by atoms with Crippen LogP contribution in [-0.2, 0) is 11.8 Å². The predicted octanol–water partition coefficient (Wildman–Crippen LogP) is 4.18. The second-order valence-corrected chi connectivity index (χ2v) is 8.41. The maximum Gasteiger partial charge on any atom is 0.263 e. The minimum Gasteiger partial charge on any atom is -0.338 e. The lowest BCUT2D eigenvalue weighted by molar-refractivity contribution is -0.127. The third kappa shape index (κ3) is 4.20. The predicted molar refractivity (Wildman–Crippen MR) is 118 cm³/mol. The molecule has 28 heavy (non-hydrogen) atoms. The highest BCUT2D eigenvalue weighted by molar-refractivity contribution is 7.99. The van der Waals surface area contributed by atoms with E-state index in [-0.39, 0.29) is 17.2 Å². The molecule has 0 fully saturated rings. The molecule has 0 spiro atoms. The number of thioether (sulfide) groups is 1. The van der Waals surface area contributed by atoms with Gasteiger partial charge in [-0.2, -0.15) is 0 Å². The fourth-order valence-electron chi connectivity index (χ4n) is 2.93. The number of fused-ring (bicyclic) bond motifs is 1. The Bertz CT molecular complexity index is 1070. The van der Waals surface area contributed by atoms with Gasteiger partial charge < -0.3 is 4.90 Å². The number of amides is 1. The van der Waals surface area contributed by atoms with Crippen molar-refractivity contribution in [3.05, 3.63) is 58.2 Å². The first kappa shape index (κ1) is 20.4. The summed E-state index contributed by atoms with van der Waals surface area (Å²) in [6.45, 7) is 8.90.